The van der Waals surface area contributed by atoms with Crippen LogP contribution >= 0.6 is 35.1 Å². The second kappa shape index (κ2) is 12.7. The summed E-state index contributed by atoms with van der Waals surface area (Å²) in [7, 11) is -2.68. The number of hydroxylamine groups is 1. The molecule has 26 heteroatoms. The summed E-state index contributed by atoms with van der Waals surface area (Å²) in [6.07, 6.45) is 0.785. The van der Waals surface area contributed by atoms with Crippen molar-refractivity contribution in [1.29, 1.82) is 0 Å². The van der Waals surface area contributed by atoms with Gasteiger partial charge < -0.3 is 20.9 Å². The SMILES string of the molecule is Cn1c(SCC2=C(C(=O)O)N3C(=O)[C@@](NO)(NC(=O)C(NC(=O)N4CCN(S(C)(=O)=O)C4=O)c4csnn4)[C@H]3SC2)n[nH]c(=O)c1=O. The number of nitrogens with zero attached hydrogens (tertiary/aromatic N) is 7. The van der Waals surface area contributed by atoms with Crippen LogP contribution in [0.5, 0.6) is 0 Å². The molecule has 0 saturated carbocycles. The van der Waals surface area contributed by atoms with Crippen LogP contribution < -0.4 is 27.2 Å². The smallest absolute Gasteiger partial charge is 0.352 e. The number of thioether (sulfide) groups is 2. The van der Waals surface area contributed by atoms with Gasteiger partial charge in [0, 0.05) is 23.9 Å². The van der Waals surface area contributed by atoms with Gasteiger partial charge in [0.1, 0.15) is 16.8 Å². The normalized spacial score (nSPS) is 21.8. The summed E-state index contributed by atoms with van der Waals surface area (Å²) in [6, 6.07) is -4.03. The predicted octanol–water partition coefficient (Wildman–Crippen LogP) is -3.39. The third-order valence-corrected chi connectivity index (χ3v) is 11.3. The summed E-state index contributed by atoms with van der Waals surface area (Å²) in [5.74, 6) is -3.80. The number of rotatable bonds is 10. The van der Waals surface area contributed by atoms with Gasteiger partial charge in [0.2, 0.25) is 15.7 Å². The molecule has 6 amide bonds. The first-order chi connectivity index (χ1) is 22.1. The van der Waals surface area contributed by atoms with Crippen LogP contribution in [0.2, 0.25) is 0 Å². The number of sulfonamides is 1. The van der Waals surface area contributed by atoms with Crippen LogP contribution in [0.1, 0.15) is 11.7 Å². The van der Waals surface area contributed by atoms with Crippen LogP contribution in [0.4, 0.5) is 9.59 Å². The number of urea groups is 2. The van der Waals surface area contributed by atoms with Crippen molar-refractivity contribution < 1.29 is 42.7 Å². The fourth-order valence-electron chi connectivity index (χ4n) is 4.77. The van der Waals surface area contributed by atoms with E-state index in [1.165, 1.54) is 12.4 Å². The van der Waals surface area contributed by atoms with E-state index in [4.69, 9.17) is 0 Å². The second-order valence-electron chi connectivity index (χ2n) is 9.97. The number of aromatic nitrogens is 5. The van der Waals surface area contributed by atoms with Crippen molar-refractivity contribution in [1.82, 2.24) is 54.6 Å². The molecule has 5 heterocycles. The van der Waals surface area contributed by atoms with Gasteiger partial charge in [-0.2, -0.15) is 5.48 Å². The number of hydrogen-bond donors (Lipinski definition) is 6. The molecule has 0 radical (unpaired) electrons. The van der Waals surface area contributed by atoms with E-state index < -0.39 is 73.8 Å². The van der Waals surface area contributed by atoms with E-state index in [2.05, 4.69) is 25.3 Å². The van der Waals surface area contributed by atoms with Crippen LogP contribution in [0, 0.1) is 0 Å². The van der Waals surface area contributed by atoms with Crippen LogP contribution in [0.15, 0.2) is 31.4 Å². The van der Waals surface area contributed by atoms with E-state index in [1.807, 2.05) is 5.10 Å². The predicted molar refractivity (Wildman–Crippen MR) is 159 cm³/mol. The van der Waals surface area contributed by atoms with Gasteiger partial charge in [0.25, 0.3) is 11.8 Å². The molecule has 0 aromatic carbocycles. The van der Waals surface area contributed by atoms with E-state index in [0.29, 0.717) is 9.21 Å². The minimum absolute atomic E-state index is 0.0240. The molecule has 2 aromatic heterocycles. The maximum Gasteiger partial charge on any atom is 0.352 e. The van der Waals surface area contributed by atoms with Crippen molar-refractivity contribution in [3.63, 3.8) is 0 Å². The maximum absolute atomic E-state index is 13.6. The van der Waals surface area contributed by atoms with Gasteiger partial charge in [-0.3, -0.25) is 28.6 Å². The molecule has 3 atom stereocenters. The average molecular weight is 734 g/mol. The summed E-state index contributed by atoms with van der Waals surface area (Å²) in [5, 5.41) is 34.4. The van der Waals surface area contributed by atoms with Crippen LogP contribution in [0.25, 0.3) is 0 Å². The maximum atomic E-state index is 13.6. The molecule has 1 unspecified atom stereocenters. The van der Waals surface area contributed by atoms with Crippen molar-refractivity contribution in [2.75, 3.05) is 30.9 Å². The van der Waals surface area contributed by atoms with Gasteiger partial charge >= 0.3 is 29.2 Å². The Balaban J connectivity index is 1.36. The zero-order valence-corrected chi connectivity index (χ0v) is 27.2. The summed E-state index contributed by atoms with van der Waals surface area (Å²) < 4.78 is 28.8. The van der Waals surface area contributed by atoms with Gasteiger partial charge in [-0.05, 0) is 17.1 Å². The number of carbonyl (C=O) groups excluding carboxylic acids is 4. The lowest BCUT2D eigenvalue weighted by molar-refractivity contribution is -0.171. The number of nitrogens with one attached hydrogen (secondary N) is 4. The first-order valence-electron chi connectivity index (χ1n) is 12.9. The number of carboxylic acid groups (broad SMARTS) is 1. The Morgan fingerprint density at radius 3 is 2.55 bits per heavy atom. The highest BCUT2D eigenvalue weighted by Crippen LogP contribution is 2.45. The Kier molecular flexibility index (Phi) is 9.16. The zero-order valence-electron chi connectivity index (χ0n) is 23.9. The molecule has 0 aliphatic carbocycles. The number of fused-ring (bicyclic) bond motifs is 1. The molecule has 2 aromatic rings. The third kappa shape index (κ3) is 5.97. The van der Waals surface area contributed by atoms with Crippen LogP contribution in [-0.4, -0.2) is 129 Å². The minimum Gasteiger partial charge on any atom is -0.477 e. The van der Waals surface area contributed by atoms with E-state index in [0.717, 1.165) is 50.8 Å². The van der Waals surface area contributed by atoms with Crippen molar-refractivity contribution in [2.24, 2.45) is 7.05 Å². The number of hydrogen-bond acceptors (Lipinski definition) is 17. The summed E-state index contributed by atoms with van der Waals surface area (Å²) in [4.78, 5) is 89.8. The first kappa shape index (κ1) is 34.0. The number of aliphatic carboxylic acids is 1. The van der Waals surface area contributed by atoms with Crippen molar-refractivity contribution in [3.05, 3.63) is 43.1 Å². The Labute approximate surface area is 274 Å². The van der Waals surface area contributed by atoms with Crippen LogP contribution in [-0.2, 0) is 31.5 Å². The summed E-state index contributed by atoms with van der Waals surface area (Å²) in [5.41, 5.74) is -2.71. The molecule has 0 bridgehead atoms. The molecule has 3 aliphatic rings. The Hall–Kier alpha value is -4.37. The van der Waals surface area contributed by atoms with E-state index in [9.17, 15) is 52.3 Å². The molecule has 2 saturated heterocycles. The number of β-lactam (4-membered cyclic amide) rings is 1. The fraction of sp³-hybridized carbons (Fsp3) is 0.429. The molecule has 47 heavy (non-hydrogen) atoms. The number of aromatic amines is 1. The Morgan fingerprint density at radius 2 is 1.96 bits per heavy atom. The van der Waals surface area contributed by atoms with Gasteiger partial charge in [0.15, 0.2) is 11.2 Å². The minimum atomic E-state index is -3.98. The molecule has 6 N–H and O–H groups in total. The van der Waals surface area contributed by atoms with E-state index in [1.54, 1.807) is 5.48 Å². The highest BCUT2D eigenvalue weighted by Gasteiger charge is 2.66. The highest BCUT2D eigenvalue weighted by molar-refractivity contribution is 8.01. The third-order valence-electron chi connectivity index (χ3n) is 7.09. The first-order valence-corrected chi connectivity index (χ1v) is 17.6. The fourth-order valence-corrected chi connectivity index (χ4v) is 8.51. The van der Waals surface area contributed by atoms with Crippen molar-refractivity contribution in [3.8, 4) is 0 Å². The molecule has 3 aliphatic heterocycles. The van der Waals surface area contributed by atoms with Crippen LogP contribution in [0.3, 0.4) is 0 Å². The zero-order chi connectivity index (χ0) is 34.4. The van der Waals surface area contributed by atoms with Crippen molar-refractivity contribution in [2.45, 2.75) is 22.2 Å². The van der Waals surface area contributed by atoms with Gasteiger partial charge in [-0.25, -0.2) is 37.1 Å². The van der Waals surface area contributed by atoms with E-state index >= 15 is 0 Å². The van der Waals surface area contributed by atoms with Crippen molar-refractivity contribution >= 4 is 74.9 Å². The van der Waals surface area contributed by atoms with E-state index in [-0.39, 0.29) is 41.0 Å². The molecule has 252 valence electrons. The lowest BCUT2D eigenvalue weighted by Crippen LogP contribution is -2.85. The molecule has 2 fully saturated rings. The molecule has 0 spiro atoms. The monoisotopic (exact) mass is 733 g/mol. The second-order valence-corrected chi connectivity index (χ2v) is 14.5. The summed E-state index contributed by atoms with van der Waals surface area (Å²) in [6.45, 7) is -0.643. The Morgan fingerprint density at radius 1 is 1.23 bits per heavy atom. The standard InChI is InChI=1S/C21H23N11O11S4/c1-29-14(35)13(34)25-26-19(29)45-6-8-5-44-17-21(27-41,16(38)32(17)11(8)15(36)37)23-12(33)10(9-7-46-28-24-9)22-18(39)30-3-4-31(20(30)40)47(2,42)43/h7,10,17,27,41H,3-6H2,1-2H3,(H,22,39)(H,23,33)(H,25,34)(H,36,37)/t10?,17-,21+/m1/s1. The molecular formula is C21H23N11O11S4. The molecule has 22 nitrogen and oxygen atoms in total. The molecular weight excluding hydrogens is 711 g/mol. The van der Waals surface area contributed by atoms with Gasteiger partial charge in [-0.1, -0.05) is 16.3 Å². The number of carbonyl (C=O) groups is 5. The highest BCUT2D eigenvalue weighted by atomic mass is 32.2. The number of amides is 6. The van der Waals surface area contributed by atoms with Gasteiger partial charge in [0.05, 0.1) is 19.3 Å². The number of imide groups is 1. The van der Waals surface area contributed by atoms with Gasteiger partial charge in [-0.15, -0.1) is 22.0 Å². The quantitative estimate of drug-likeness (QED) is 0.0456. The Bertz CT molecular complexity index is 1930. The largest absolute Gasteiger partial charge is 0.477 e. The summed E-state index contributed by atoms with van der Waals surface area (Å²) >= 11 is 2.69. The lowest BCUT2D eigenvalue weighted by Gasteiger charge is -2.56. The topological polar surface area (TPSA) is 299 Å². The number of carboxylic acids is 1. The lowest BCUT2D eigenvalue weighted by atomic mass is 9.95. The molecule has 5 rings (SSSR count). The number of H-pyrrole nitrogens is 1. The average Bonchev–Trinajstić information content (AvgIpc) is 3.70.